The molecule has 13 aliphatic carbocycles. The molecule has 6 heteroatoms. The van der Waals surface area contributed by atoms with Gasteiger partial charge < -0.3 is 0 Å². The van der Waals surface area contributed by atoms with Crippen molar-refractivity contribution in [2.45, 2.75) is 500 Å². The predicted octanol–water partition coefficient (Wildman–Crippen LogP) is 30.3. The molecule has 13 rings (SSSR count). The average Bonchev–Trinajstić information content (AvgIpc) is 3.22. The molecule has 0 amide bonds. The van der Waals surface area contributed by atoms with E-state index in [1.807, 2.05) is 166 Å². The normalized spacial score (nSPS) is 16.1. The molecule has 0 spiro atoms. The highest BCUT2D eigenvalue weighted by Crippen LogP contribution is 2.19. The lowest BCUT2D eigenvalue weighted by Crippen LogP contribution is -1.85. The van der Waals surface area contributed by atoms with E-state index in [1.165, 1.54) is 334 Å². The maximum absolute atomic E-state index is 2.00. The summed E-state index contributed by atoms with van der Waals surface area (Å²) in [4.78, 5) is 0. The van der Waals surface area contributed by atoms with Gasteiger partial charge in [0.25, 0.3) is 0 Å². The van der Waals surface area contributed by atoms with Gasteiger partial charge in [-0.15, -0.1) is 0 Å². The first-order chi connectivity index (χ1) is 38.0. The molecule has 13 fully saturated rings. The van der Waals surface area contributed by atoms with Crippen molar-refractivity contribution >= 4 is 50.5 Å². The van der Waals surface area contributed by atoms with Crippen LogP contribution in [0.1, 0.15) is 500 Å². The maximum Gasteiger partial charge on any atom is 0 e. The van der Waals surface area contributed by atoms with E-state index in [9.17, 15) is 0 Å². The summed E-state index contributed by atoms with van der Waals surface area (Å²) in [5, 5.41) is 0. The minimum atomic E-state index is 0. The molecular weight excluding hydrogens is 978 g/mol. The standard InChI is InChI=1S/13C4H8.12C2H6.6B/c13*1-2-4-3-1;12*1-2;;;;;;/h13*1-4H2;12*1-2H3;;;;;;. The first kappa shape index (κ1) is 132. The van der Waals surface area contributed by atoms with E-state index < -0.39 is 0 Å². The van der Waals surface area contributed by atoms with E-state index in [2.05, 4.69) is 0 Å². The first-order valence-electron chi connectivity index (χ1n) is 38.0. The molecule has 13 aliphatic rings. The molecule has 82 heavy (non-hydrogen) atoms. The zero-order valence-electron chi connectivity index (χ0n) is 64.2. The highest BCUT2D eigenvalue weighted by atomic mass is 14.1. The highest BCUT2D eigenvalue weighted by molar-refractivity contribution is 5.76. The molecule has 0 aliphatic heterocycles. The van der Waals surface area contributed by atoms with Crippen LogP contribution in [0.15, 0.2) is 0 Å². The molecule has 18 radical (unpaired) electrons. The summed E-state index contributed by atoms with van der Waals surface area (Å²) in [5.41, 5.74) is 0. The van der Waals surface area contributed by atoms with Gasteiger partial charge >= 0.3 is 0 Å². The Morgan fingerprint density at radius 3 is 0.0732 bits per heavy atom. The van der Waals surface area contributed by atoms with Crippen LogP contribution in [0.2, 0.25) is 0 Å². The second kappa shape index (κ2) is 192. The van der Waals surface area contributed by atoms with E-state index in [4.69, 9.17) is 0 Å². The molecule has 0 aromatic heterocycles. The Morgan fingerprint density at radius 2 is 0.0732 bits per heavy atom. The van der Waals surface area contributed by atoms with Gasteiger partial charge in [0.1, 0.15) is 0 Å². The molecule has 0 unspecified atom stereocenters. The van der Waals surface area contributed by atoms with Gasteiger partial charge in [0, 0.05) is 50.5 Å². The van der Waals surface area contributed by atoms with Crippen molar-refractivity contribution in [1.29, 1.82) is 0 Å². The van der Waals surface area contributed by atoms with Crippen LogP contribution in [0.25, 0.3) is 0 Å². The molecule has 0 aromatic carbocycles. The minimum Gasteiger partial charge on any atom is -0.0683 e. The summed E-state index contributed by atoms with van der Waals surface area (Å²) in [6, 6.07) is 0. The molecule has 0 atom stereocenters. The van der Waals surface area contributed by atoms with Crippen molar-refractivity contribution in [2.24, 2.45) is 0 Å². The third-order valence-electron chi connectivity index (χ3n) is 13.0. The van der Waals surface area contributed by atoms with Crippen molar-refractivity contribution in [3.8, 4) is 0 Å². The summed E-state index contributed by atoms with van der Waals surface area (Å²) in [7, 11) is 0. The fourth-order valence-electron chi connectivity index (χ4n) is 3.25. The molecule has 0 saturated heterocycles. The topological polar surface area (TPSA) is 0 Å². The third kappa shape index (κ3) is 185. The number of hydrogen-bond donors (Lipinski definition) is 0. The van der Waals surface area contributed by atoms with Gasteiger partial charge in [-0.25, -0.2) is 0 Å². The molecule has 0 N–H and O–H groups in total. The smallest absolute Gasteiger partial charge is 0 e. The zero-order valence-corrected chi connectivity index (χ0v) is 64.2. The lowest BCUT2D eigenvalue weighted by Gasteiger charge is -2.05. The van der Waals surface area contributed by atoms with Gasteiger partial charge in [0.15, 0.2) is 0 Å². The monoisotopic (exact) mass is 1160 g/mol. The molecule has 0 bridgehead atoms. The zero-order chi connectivity index (χ0) is 60.8. The van der Waals surface area contributed by atoms with E-state index in [-0.39, 0.29) is 50.5 Å². The Hall–Kier alpha value is 0.390. The molecule has 0 nitrogen and oxygen atoms in total. The van der Waals surface area contributed by atoms with Crippen LogP contribution in [0, 0.1) is 0 Å². The van der Waals surface area contributed by atoms with Crippen molar-refractivity contribution in [2.75, 3.05) is 0 Å². The predicted molar refractivity (Wildman–Crippen MR) is 411 cm³/mol. The van der Waals surface area contributed by atoms with Crippen LogP contribution >= 0.6 is 0 Å². The summed E-state index contributed by atoms with van der Waals surface area (Å²) in [6.07, 6.45) is 78.0. The van der Waals surface area contributed by atoms with Gasteiger partial charge in [-0.1, -0.05) is 500 Å². The van der Waals surface area contributed by atoms with Crippen molar-refractivity contribution < 1.29 is 0 Å². The quantitative estimate of drug-likeness (QED) is 0.212. The molecular formula is C76H176B6. The highest BCUT2D eigenvalue weighted by Gasteiger charge is 2.00. The second-order valence-corrected chi connectivity index (χ2v) is 18.4. The van der Waals surface area contributed by atoms with Gasteiger partial charge in [-0.3, -0.25) is 0 Å². The largest absolute Gasteiger partial charge is 0.0683 e. The van der Waals surface area contributed by atoms with Gasteiger partial charge in [0.2, 0.25) is 0 Å². The van der Waals surface area contributed by atoms with E-state index in [0.29, 0.717) is 0 Å². The SMILES string of the molecule is C1CCC1.C1CCC1.C1CCC1.C1CCC1.C1CCC1.C1CCC1.C1CCC1.C1CCC1.C1CCC1.C1CCC1.C1CCC1.C1CCC1.C1CCC1.CC.CC.CC.CC.CC.CC.CC.CC.CC.CC.CC.CC.[B].[B].[B].[B].[B].[B]. The lowest BCUT2D eigenvalue weighted by molar-refractivity contribution is 0.504. The van der Waals surface area contributed by atoms with Crippen molar-refractivity contribution in [3.63, 3.8) is 0 Å². The summed E-state index contributed by atoms with van der Waals surface area (Å²) >= 11 is 0. The molecule has 0 aromatic rings. The third-order valence-corrected chi connectivity index (χ3v) is 13.0. The second-order valence-electron chi connectivity index (χ2n) is 18.4. The number of rotatable bonds is 0. The Kier molecular flexibility index (Phi) is 308. The summed E-state index contributed by atoms with van der Waals surface area (Å²) in [6.45, 7) is 48.0. The van der Waals surface area contributed by atoms with E-state index >= 15 is 0 Å². The van der Waals surface area contributed by atoms with Crippen LogP contribution < -0.4 is 0 Å². The van der Waals surface area contributed by atoms with Gasteiger partial charge in [0.05, 0.1) is 0 Å². The summed E-state index contributed by atoms with van der Waals surface area (Å²) in [5.74, 6) is 0. The Morgan fingerprint density at radius 1 is 0.0610 bits per heavy atom. The first-order valence-corrected chi connectivity index (χ1v) is 38.0. The van der Waals surface area contributed by atoms with Crippen LogP contribution in [0.4, 0.5) is 0 Å². The minimum absolute atomic E-state index is 0. The Bertz CT molecular complexity index is 327. The summed E-state index contributed by atoms with van der Waals surface area (Å²) < 4.78 is 0. The Balaban J connectivity index is -0.0000000327. The van der Waals surface area contributed by atoms with Crippen molar-refractivity contribution in [1.82, 2.24) is 0 Å². The van der Waals surface area contributed by atoms with Crippen LogP contribution in [0.3, 0.4) is 0 Å². The Labute approximate surface area is 547 Å². The van der Waals surface area contributed by atoms with Crippen LogP contribution in [0.5, 0.6) is 0 Å². The van der Waals surface area contributed by atoms with E-state index in [1.54, 1.807) is 0 Å². The maximum atomic E-state index is 2.00. The lowest BCUT2D eigenvalue weighted by atomic mass is 10.0. The fourth-order valence-corrected chi connectivity index (χ4v) is 3.25. The van der Waals surface area contributed by atoms with Crippen molar-refractivity contribution in [3.05, 3.63) is 0 Å². The van der Waals surface area contributed by atoms with Crippen LogP contribution in [-0.2, 0) is 0 Å². The molecule has 13 saturated carbocycles. The average molecular weight is 1160 g/mol. The number of hydrogen-bond acceptors (Lipinski definition) is 0. The van der Waals surface area contributed by atoms with E-state index in [0.717, 1.165) is 0 Å². The molecule has 0 heterocycles. The van der Waals surface area contributed by atoms with Gasteiger partial charge in [-0.05, 0) is 0 Å². The fraction of sp³-hybridized carbons (Fsp3) is 1.00. The van der Waals surface area contributed by atoms with Crippen LogP contribution in [-0.4, -0.2) is 50.5 Å². The molecule has 498 valence electrons. The van der Waals surface area contributed by atoms with Gasteiger partial charge in [-0.2, -0.15) is 0 Å².